The van der Waals surface area contributed by atoms with Crippen LogP contribution < -0.4 is 5.32 Å². The highest BCUT2D eigenvalue weighted by atomic mass is 16.6. The summed E-state index contributed by atoms with van der Waals surface area (Å²) in [5, 5.41) is 12.8. The Morgan fingerprint density at radius 3 is 2.41 bits per heavy atom. The minimum atomic E-state index is -0.406. The third-order valence-electron chi connectivity index (χ3n) is 13.9. The van der Waals surface area contributed by atoms with Gasteiger partial charge in [-0.25, -0.2) is 4.79 Å². The maximum atomic E-state index is 13.0. The van der Waals surface area contributed by atoms with Crippen LogP contribution >= 0.6 is 0 Å². The predicted octanol–water partition coefficient (Wildman–Crippen LogP) is 10.5. The van der Waals surface area contributed by atoms with Gasteiger partial charge in [-0.3, -0.25) is 0 Å². The number of aliphatic hydroxyl groups is 1. The molecule has 4 aliphatic rings. The van der Waals surface area contributed by atoms with Crippen molar-refractivity contribution in [3.63, 3.8) is 0 Å². The molecular formula is C43H77NO5. The first-order chi connectivity index (χ1) is 22.9. The zero-order valence-electron chi connectivity index (χ0n) is 33.7. The molecule has 4 rings (SSSR count). The highest BCUT2D eigenvalue weighted by Gasteiger charge is 2.59. The second-order valence-corrected chi connectivity index (χ2v) is 19.6. The van der Waals surface area contributed by atoms with Gasteiger partial charge in [0.25, 0.3) is 0 Å². The fraction of sp³-hybridized carbons (Fsp3) is 0.930. The zero-order valence-corrected chi connectivity index (χ0v) is 33.7. The van der Waals surface area contributed by atoms with Crippen LogP contribution in [0.25, 0.3) is 0 Å². The third kappa shape index (κ3) is 10.3. The van der Waals surface area contributed by atoms with Gasteiger partial charge in [-0.15, -0.1) is 0 Å². The van der Waals surface area contributed by atoms with Crippen molar-refractivity contribution in [2.75, 3.05) is 19.8 Å². The summed E-state index contributed by atoms with van der Waals surface area (Å²) in [6.07, 6.45) is 17.6. The Morgan fingerprint density at radius 1 is 1.00 bits per heavy atom. The summed E-state index contributed by atoms with van der Waals surface area (Å²) >= 11 is 0. The van der Waals surface area contributed by atoms with Gasteiger partial charge >= 0.3 is 6.09 Å². The van der Waals surface area contributed by atoms with Crippen LogP contribution in [-0.4, -0.2) is 54.9 Å². The molecule has 0 saturated heterocycles. The molecule has 9 atom stereocenters. The topological polar surface area (TPSA) is 77.0 Å². The van der Waals surface area contributed by atoms with Crippen LogP contribution in [0.4, 0.5) is 4.79 Å². The van der Waals surface area contributed by atoms with E-state index < -0.39 is 5.60 Å². The molecule has 1 amide bonds. The maximum absolute atomic E-state index is 13.0. The summed E-state index contributed by atoms with van der Waals surface area (Å²) in [7, 11) is 0. The highest BCUT2D eigenvalue weighted by Crippen LogP contribution is 2.67. The SMILES string of the molecule is CC(C)CCCC(C)C1CCC2C3CC=C4CC(OC(=O)NCC(C)(C)CCOC(C)(C)CC(CO)OC(C)C)CCC4(C)C3CCC12C. The number of hydrogen-bond donors (Lipinski definition) is 2. The number of amides is 1. The minimum absolute atomic E-state index is 0.0142. The van der Waals surface area contributed by atoms with Crippen molar-refractivity contribution in [1.29, 1.82) is 0 Å². The van der Waals surface area contributed by atoms with Crippen molar-refractivity contribution in [3.8, 4) is 0 Å². The van der Waals surface area contributed by atoms with E-state index in [2.05, 4.69) is 59.9 Å². The van der Waals surface area contributed by atoms with Crippen LogP contribution in [0, 0.1) is 51.8 Å². The Labute approximate surface area is 301 Å². The molecule has 0 spiro atoms. The van der Waals surface area contributed by atoms with E-state index >= 15 is 0 Å². The molecule has 3 fully saturated rings. The number of aliphatic hydroxyl groups excluding tert-OH is 1. The minimum Gasteiger partial charge on any atom is -0.446 e. The second-order valence-electron chi connectivity index (χ2n) is 19.6. The van der Waals surface area contributed by atoms with Crippen LogP contribution in [0.1, 0.15) is 160 Å². The third-order valence-corrected chi connectivity index (χ3v) is 13.9. The first kappa shape index (κ1) is 40.7. The first-order valence-corrected chi connectivity index (χ1v) is 20.4. The largest absolute Gasteiger partial charge is 0.446 e. The monoisotopic (exact) mass is 688 g/mol. The Morgan fingerprint density at radius 2 is 1.73 bits per heavy atom. The summed E-state index contributed by atoms with van der Waals surface area (Å²) in [5.41, 5.74) is 1.80. The van der Waals surface area contributed by atoms with E-state index in [1.54, 1.807) is 5.57 Å². The standard InChI is InChI=1S/C43H77NO5/c1-29(2)13-12-14-31(5)36-17-18-37-35-16-15-32-25-33(19-21-42(32,10)38(35)20-22-43(36,37)11)49-39(46)44-28-40(6,7)23-24-47-41(8,9)26-34(27-45)48-30(3)4/h15,29-31,33-38,45H,12-14,16-28H2,1-11H3,(H,44,46). The Kier molecular flexibility index (Phi) is 13.9. The molecule has 3 saturated carbocycles. The molecule has 2 N–H and O–H groups in total. The van der Waals surface area contributed by atoms with Crippen molar-refractivity contribution in [3.05, 3.63) is 11.6 Å². The van der Waals surface area contributed by atoms with Crippen LogP contribution in [0.15, 0.2) is 11.6 Å². The average Bonchev–Trinajstić information content (AvgIpc) is 3.36. The number of ether oxygens (including phenoxy) is 3. The molecule has 0 aliphatic heterocycles. The van der Waals surface area contributed by atoms with Crippen LogP contribution in [0.5, 0.6) is 0 Å². The van der Waals surface area contributed by atoms with Gasteiger partial charge in [-0.1, -0.05) is 79.4 Å². The van der Waals surface area contributed by atoms with Crippen molar-refractivity contribution in [2.24, 2.45) is 51.8 Å². The summed E-state index contributed by atoms with van der Waals surface area (Å²) < 4.78 is 18.1. The van der Waals surface area contributed by atoms with E-state index in [-0.39, 0.29) is 41.8 Å². The van der Waals surface area contributed by atoms with Gasteiger partial charge in [-0.05, 0) is 131 Å². The van der Waals surface area contributed by atoms with Crippen LogP contribution in [0.2, 0.25) is 0 Å². The van der Waals surface area contributed by atoms with Crippen LogP contribution in [-0.2, 0) is 14.2 Å². The number of nitrogens with one attached hydrogen (secondary N) is 1. The number of rotatable bonds is 17. The molecule has 6 heteroatoms. The Hall–Kier alpha value is -1.11. The van der Waals surface area contributed by atoms with Gasteiger partial charge in [0.2, 0.25) is 0 Å². The second kappa shape index (κ2) is 16.7. The number of carbonyl (C=O) groups excluding carboxylic acids is 1. The molecule has 9 unspecified atom stereocenters. The molecule has 284 valence electrons. The summed E-state index contributed by atoms with van der Waals surface area (Å²) in [4.78, 5) is 13.0. The van der Waals surface area contributed by atoms with E-state index in [0.29, 0.717) is 25.0 Å². The fourth-order valence-electron chi connectivity index (χ4n) is 11.1. The van der Waals surface area contributed by atoms with E-state index in [9.17, 15) is 9.90 Å². The number of allylic oxidation sites excluding steroid dienone is 1. The van der Waals surface area contributed by atoms with E-state index in [1.807, 2.05) is 27.7 Å². The van der Waals surface area contributed by atoms with Crippen molar-refractivity contribution in [1.82, 2.24) is 5.32 Å². The number of carbonyl (C=O) groups is 1. The van der Waals surface area contributed by atoms with Gasteiger partial charge < -0.3 is 24.6 Å². The molecule has 49 heavy (non-hydrogen) atoms. The lowest BCUT2D eigenvalue weighted by Gasteiger charge is -2.58. The molecule has 0 radical (unpaired) electrons. The predicted molar refractivity (Wildman–Crippen MR) is 201 cm³/mol. The van der Waals surface area contributed by atoms with E-state index in [4.69, 9.17) is 14.2 Å². The number of hydrogen-bond acceptors (Lipinski definition) is 5. The van der Waals surface area contributed by atoms with Gasteiger partial charge in [-0.2, -0.15) is 0 Å². The lowest BCUT2D eigenvalue weighted by atomic mass is 9.47. The molecule has 0 bridgehead atoms. The summed E-state index contributed by atoms with van der Waals surface area (Å²) in [5.74, 6) is 5.03. The van der Waals surface area contributed by atoms with Crippen molar-refractivity contribution >= 4 is 6.09 Å². The van der Waals surface area contributed by atoms with Crippen molar-refractivity contribution < 1.29 is 24.1 Å². The molecule has 6 nitrogen and oxygen atoms in total. The maximum Gasteiger partial charge on any atom is 0.407 e. The summed E-state index contributed by atoms with van der Waals surface area (Å²) in [6.45, 7) is 26.0. The fourth-order valence-corrected chi connectivity index (χ4v) is 11.1. The Balaban J connectivity index is 1.24. The molecular weight excluding hydrogens is 610 g/mol. The smallest absolute Gasteiger partial charge is 0.407 e. The quantitative estimate of drug-likeness (QED) is 0.149. The normalized spacial score (nSPS) is 33.0. The summed E-state index contributed by atoms with van der Waals surface area (Å²) in [6, 6.07) is 0. The lowest BCUT2D eigenvalue weighted by molar-refractivity contribution is -0.0953. The average molecular weight is 688 g/mol. The van der Waals surface area contributed by atoms with E-state index in [0.717, 1.165) is 61.2 Å². The first-order valence-electron chi connectivity index (χ1n) is 20.4. The van der Waals surface area contributed by atoms with Crippen LogP contribution in [0.3, 0.4) is 0 Å². The number of fused-ring (bicyclic) bond motifs is 5. The highest BCUT2D eigenvalue weighted by molar-refractivity contribution is 5.67. The van der Waals surface area contributed by atoms with Gasteiger partial charge in [0.1, 0.15) is 6.10 Å². The Bertz CT molecular complexity index is 1100. The van der Waals surface area contributed by atoms with Gasteiger partial charge in [0, 0.05) is 26.0 Å². The molecule has 0 aromatic heterocycles. The molecule has 0 aromatic carbocycles. The zero-order chi connectivity index (χ0) is 36.2. The van der Waals surface area contributed by atoms with E-state index in [1.165, 1.54) is 51.4 Å². The van der Waals surface area contributed by atoms with Crippen molar-refractivity contribution in [2.45, 2.75) is 184 Å². The lowest BCUT2D eigenvalue weighted by Crippen LogP contribution is -2.51. The molecule has 0 heterocycles. The van der Waals surface area contributed by atoms with Gasteiger partial charge in [0.05, 0.1) is 24.4 Å². The van der Waals surface area contributed by atoms with Gasteiger partial charge in [0.15, 0.2) is 0 Å². The molecule has 4 aliphatic carbocycles. The molecule has 0 aromatic rings. The number of alkyl carbamates (subject to hydrolysis) is 1.